The van der Waals surface area contributed by atoms with E-state index in [-0.39, 0.29) is 29.6 Å². The van der Waals surface area contributed by atoms with Crippen LogP contribution in [0.3, 0.4) is 0 Å². The third-order valence-corrected chi connectivity index (χ3v) is 5.39. The van der Waals surface area contributed by atoms with Gasteiger partial charge in [0.1, 0.15) is 5.75 Å². The number of hydrogen-bond donors (Lipinski definition) is 2. The molecule has 2 aromatic carbocycles. The van der Waals surface area contributed by atoms with Crippen molar-refractivity contribution in [2.75, 3.05) is 20.8 Å². The van der Waals surface area contributed by atoms with Crippen LogP contribution < -0.4 is 9.47 Å². The van der Waals surface area contributed by atoms with Crippen molar-refractivity contribution < 1.29 is 29.3 Å². The quantitative estimate of drug-likeness (QED) is 0.671. The van der Waals surface area contributed by atoms with E-state index in [1.54, 1.807) is 46.3 Å². The minimum Gasteiger partial charge on any atom is -0.508 e. The Labute approximate surface area is 181 Å². The minimum absolute atomic E-state index is 0.0786. The molecule has 31 heavy (non-hydrogen) atoms. The molecule has 2 N–H and O–H groups in total. The zero-order valence-electron chi connectivity index (χ0n) is 18.1. The number of ether oxygens (including phenoxy) is 2. The third-order valence-electron chi connectivity index (χ3n) is 5.39. The lowest BCUT2D eigenvalue weighted by Gasteiger charge is -2.27. The van der Waals surface area contributed by atoms with Crippen LogP contribution >= 0.6 is 0 Å². The molecular formula is C24H27NO6. The maximum absolute atomic E-state index is 12.9. The second-order valence-electron chi connectivity index (χ2n) is 7.71. The summed E-state index contributed by atoms with van der Waals surface area (Å²) in [5.74, 6) is -0.483. The van der Waals surface area contributed by atoms with Gasteiger partial charge in [-0.3, -0.25) is 9.59 Å². The number of benzene rings is 2. The Morgan fingerprint density at radius 2 is 1.68 bits per heavy atom. The maximum Gasteiger partial charge on any atom is 0.290 e. The summed E-state index contributed by atoms with van der Waals surface area (Å²) in [6.45, 7) is 3.74. The van der Waals surface area contributed by atoms with Crippen LogP contribution in [0.25, 0.3) is 0 Å². The Balaban J connectivity index is 1.93. The smallest absolute Gasteiger partial charge is 0.290 e. The van der Waals surface area contributed by atoms with E-state index >= 15 is 0 Å². The molecule has 7 heteroatoms. The third kappa shape index (κ3) is 4.35. The van der Waals surface area contributed by atoms with Gasteiger partial charge in [0.2, 0.25) is 0 Å². The maximum atomic E-state index is 12.9. The molecule has 0 aliphatic carbocycles. The zero-order chi connectivity index (χ0) is 22.7. The van der Waals surface area contributed by atoms with E-state index in [1.807, 2.05) is 12.1 Å². The summed E-state index contributed by atoms with van der Waals surface area (Å²) >= 11 is 0. The Morgan fingerprint density at radius 3 is 2.26 bits per heavy atom. The number of phenols is 1. The van der Waals surface area contributed by atoms with Crippen molar-refractivity contribution in [3.05, 3.63) is 64.9 Å². The number of ketones is 1. The van der Waals surface area contributed by atoms with Gasteiger partial charge in [-0.25, -0.2) is 0 Å². The predicted molar refractivity (Wildman–Crippen MR) is 115 cm³/mol. The fourth-order valence-electron chi connectivity index (χ4n) is 3.74. The van der Waals surface area contributed by atoms with Crippen molar-refractivity contribution in [3.8, 4) is 17.2 Å². The number of aliphatic hydroxyl groups excluding tert-OH is 1. The molecule has 0 aromatic heterocycles. The molecule has 0 saturated carbocycles. The molecule has 1 unspecified atom stereocenters. The van der Waals surface area contributed by atoms with Crippen LogP contribution in [0.15, 0.2) is 53.8 Å². The molecule has 1 atom stereocenters. The number of methoxy groups -OCH3 is 2. The summed E-state index contributed by atoms with van der Waals surface area (Å²) in [6.07, 6.45) is 0.483. The first-order valence-corrected chi connectivity index (χ1v) is 10.1. The van der Waals surface area contributed by atoms with Gasteiger partial charge in [0.25, 0.3) is 5.91 Å². The van der Waals surface area contributed by atoms with E-state index in [9.17, 15) is 19.8 Å². The molecule has 0 saturated heterocycles. The van der Waals surface area contributed by atoms with Crippen LogP contribution in [0.4, 0.5) is 0 Å². The lowest BCUT2D eigenvalue weighted by Crippen LogP contribution is -2.33. The summed E-state index contributed by atoms with van der Waals surface area (Å²) in [7, 11) is 3.11. The number of amides is 1. The molecular weight excluding hydrogens is 398 g/mol. The highest BCUT2D eigenvalue weighted by molar-refractivity contribution is 6.09. The van der Waals surface area contributed by atoms with Crippen molar-refractivity contribution in [2.45, 2.75) is 26.3 Å². The zero-order valence-corrected chi connectivity index (χ0v) is 18.1. The van der Waals surface area contributed by atoms with Crippen LogP contribution in [0.5, 0.6) is 17.2 Å². The first-order chi connectivity index (χ1) is 14.8. The van der Waals surface area contributed by atoms with Gasteiger partial charge in [-0.2, -0.15) is 0 Å². The number of rotatable bonds is 8. The number of phenolic OH excluding ortho intramolecular Hbond substituents is 1. The fourth-order valence-corrected chi connectivity index (χ4v) is 3.74. The highest BCUT2D eigenvalue weighted by Crippen LogP contribution is 2.39. The predicted octanol–water partition coefficient (Wildman–Crippen LogP) is 3.57. The molecule has 1 aliphatic heterocycles. The second kappa shape index (κ2) is 9.12. The normalized spacial score (nSPS) is 16.2. The molecule has 164 valence electrons. The topological polar surface area (TPSA) is 96.3 Å². The first-order valence-electron chi connectivity index (χ1n) is 10.1. The molecule has 7 nitrogen and oxygen atoms in total. The Kier molecular flexibility index (Phi) is 6.53. The largest absolute Gasteiger partial charge is 0.508 e. The molecule has 2 aromatic rings. The average molecular weight is 425 g/mol. The highest BCUT2D eigenvalue weighted by Gasteiger charge is 2.43. The SMILES string of the molecule is COc1ccc(CCN2C(=O)C(O)=C(C(=O)C(C)C)C2c2ccc(O)cc2)cc1OC. The Morgan fingerprint density at radius 1 is 1.03 bits per heavy atom. The average Bonchev–Trinajstić information content (AvgIpc) is 3.02. The van der Waals surface area contributed by atoms with Crippen LogP contribution in [-0.4, -0.2) is 47.6 Å². The van der Waals surface area contributed by atoms with Gasteiger partial charge in [0.05, 0.1) is 25.8 Å². The van der Waals surface area contributed by atoms with Gasteiger partial charge < -0.3 is 24.6 Å². The summed E-state index contributed by atoms with van der Waals surface area (Å²) in [4.78, 5) is 27.3. The summed E-state index contributed by atoms with van der Waals surface area (Å²) in [6, 6.07) is 11.1. The Hall–Kier alpha value is -3.48. The number of aliphatic hydroxyl groups is 1. The van der Waals surface area contributed by atoms with Gasteiger partial charge in [0.15, 0.2) is 23.0 Å². The number of carbonyl (C=O) groups is 2. The van der Waals surface area contributed by atoms with Gasteiger partial charge in [-0.15, -0.1) is 0 Å². The van der Waals surface area contributed by atoms with E-state index in [2.05, 4.69) is 0 Å². The van der Waals surface area contributed by atoms with E-state index in [1.165, 1.54) is 17.0 Å². The Bertz CT molecular complexity index is 1010. The van der Waals surface area contributed by atoms with Gasteiger partial charge in [-0.1, -0.05) is 32.0 Å². The van der Waals surface area contributed by atoms with Gasteiger partial charge in [-0.05, 0) is 41.8 Å². The number of hydrogen-bond acceptors (Lipinski definition) is 6. The number of Topliss-reactive ketones (excluding diaryl/α,β-unsaturated/α-hetero) is 1. The van der Waals surface area contributed by atoms with Crippen molar-refractivity contribution in [2.24, 2.45) is 5.92 Å². The van der Waals surface area contributed by atoms with Crippen molar-refractivity contribution in [1.29, 1.82) is 0 Å². The number of aromatic hydroxyl groups is 1. The molecule has 1 amide bonds. The van der Waals surface area contributed by atoms with Crippen molar-refractivity contribution in [3.63, 3.8) is 0 Å². The van der Waals surface area contributed by atoms with Crippen LogP contribution in [0.1, 0.15) is 31.0 Å². The lowest BCUT2D eigenvalue weighted by molar-refractivity contribution is -0.129. The monoisotopic (exact) mass is 425 g/mol. The van der Waals surface area contributed by atoms with E-state index in [4.69, 9.17) is 9.47 Å². The van der Waals surface area contributed by atoms with Crippen LogP contribution in [-0.2, 0) is 16.0 Å². The molecule has 0 radical (unpaired) electrons. The molecule has 0 fully saturated rings. The molecule has 3 rings (SSSR count). The molecule has 0 spiro atoms. The van der Waals surface area contributed by atoms with Crippen molar-refractivity contribution in [1.82, 2.24) is 4.90 Å². The standard InChI is InChI=1S/C24H27NO6/c1-14(2)22(27)20-21(16-6-8-17(26)9-7-16)25(24(29)23(20)28)12-11-15-5-10-18(30-3)19(13-15)31-4/h5-10,13-14,21,26,28H,11-12H2,1-4H3. The van der Waals surface area contributed by atoms with Gasteiger partial charge in [0, 0.05) is 12.5 Å². The summed E-state index contributed by atoms with van der Waals surface area (Å²) < 4.78 is 10.6. The van der Waals surface area contributed by atoms with E-state index in [0.29, 0.717) is 23.5 Å². The van der Waals surface area contributed by atoms with E-state index in [0.717, 1.165) is 5.56 Å². The van der Waals surface area contributed by atoms with Crippen LogP contribution in [0, 0.1) is 5.92 Å². The first kappa shape index (κ1) is 22.2. The second-order valence-corrected chi connectivity index (χ2v) is 7.71. The molecule has 1 aliphatic rings. The summed E-state index contributed by atoms with van der Waals surface area (Å²) in [5.41, 5.74) is 1.66. The number of nitrogens with zero attached hydrogens (tertiary/aromatic N) is 1. The number of carbonyl (C=O) groups excluding carboxylic acids is 2. The summed E-state index contributed by atoms with van der Waals surface area (Å²) in [5, 5.41) is 20.2. The minimum atomic E-state index is -0.719. The van der Waals surface area contributed by atoms with Crippen molar-refractivity contribution >= 4 is 11.7 Å². The fraction of sp³-hybridized carbons (Fsp3) is 0.333. The molecule has 0 bridgehead atoms. The van der Waals surface area contributed by atoms with Gasteiger partial charge >= 0.3 is 0 Å². The van der Waals surface area contributed by atoms with Crippen LogP contribution in [0.2, 0.25) is 0 Å². The lowest BCUT2D eigenvalue weighted by atomic mass is 9.91. The van der Waals surface area contributed by atoms with E-state index < -0.39 is 17.7 Å². The molecule has 1 heterocycles. The highest BCUT2D eigenvalue weighted by atomic mass is 16.5.